The highest BCUT2D eigenvalue weighted by molar-refractivity contribution is 7.86. The SMILES string of the molecule is O=S(=O)(O)OPc1ccc(S(=O)(=O)O)cc1. The third-order valence-electron chi connectivity index (χ3n) is 1.42. The van der Waals surface area contributed by atoms with E-state index in [1.807, 2.05) is 0 Å². The zero-order valence-corrected chi connectivity index (χ0v) is 10.2. The molecule has 7 nitrogen and oxygen atoms in total. The predicted octanol–water partition coefficient (Wildman–Crippen LogP) is -0.0285. The summed E-state index contributed by atoms with van der Waals surface area (Å²) < 4.78 is 62.8. The Morgan fingerprint density at radius 3 is 1.88 bits per heavy atom. The standard InChI is InChI=1S/C6H7O7PS2/c7-15(8,9)6-3-1-5(2-4-6)14-13-16(10,11)12/h1-4,14H,(H,7,8,9)(H,10,11,12). The van der Waals surface area contributed by atoms with Crippen LogP contribution in [0.1, 0.15) is 0 Å². The average Bonchev–Trinajstić information content (AvgIpc) is 2.13. The number of hydrogen-bond acceptors (Lipinski definition) is 5. The predicted molar refractivity (Wildman–Crippen MR) is 56.8 cm³/mol. The van der Waals surface area contributed by atoms with Crippen molar-refractivity contribution in [2.24, 2.45) is 0 Å². The summed E-state index contributed by atoms with van der Waals surface area (Å²) in [5.74, 6) is 0. The van der Waals surface area contributed by atoms with Gasteiger partial charge in [-0.1, -0.05) is 12.1 Å². The summed E-state index contributed by atoms with van der Waals surface area (Å²) in [5, 5.41) is 0.352. The molecule has 10 heteroatoms. The second-order valence-corrected chi connectivity index (χ2v) is 6.34. The first-order valence-corrected chi connectivity index (χ1v) is 7.39. The van der Waals surface area contributed by atoms with Crippen LogP contribution in [0.25, 0.3) is 0 Å². The van der Waals surface area contributed by atoms with Crippen LogP contribution in [0, 0.1) is 0 Å². The zero-order valence-electron chi connectivity index (χ0n) is 7.56. The minimum absolute atomic E-state index is 0.312. The molecule has 16 heavy (non-hydrogen) atoms. The molecule has 0 amide bonds. The van der Waals surface area contributed by atoms with Crippen molar-refractivity contribution in [1.82, 2.24) is 0 Å². The van der Waals surface area contributed by atoms with Gasteiger partial charge in [0, 0.05) is 5.30 Å². The van der Waals surface area contributed by atoms with Crippen LogP contribution in [-0.4, -0.2) is 25.9 Å². The van der Waals surface area contributed by atoms with E-state index in [9.17, 15) is 16.8 Å². The van der Waals surface area contributed by atoms with E-state index in [1.165, 1.54) is 12.1 Å². The highest BCUT2D eigenvalue weighted by Crippen LogP contribution is 2.16. The quantitative estimate of drug-likeness (QED) is 0.589. The molecule has 0 spiro atoms. The normalized spacial score (nSPS) is 13.4. The van der Waals surface area contributed by atoms with Gasteiger partial charge in [0.1, 0.15) is 0 Å². The zero-order chi connectivity index (χ0) is 12.4. The van der Waals surface area contributed by atoms with Gasteiger partial charge in [0.15, 0.2) is 0 Å². The average molecular weight is 286 g/mol. The largest absolute Gasteiger partial charge is 0.400 e. The molecule has 0 aliphatic rings. The number of hydrogen-bond donors (Lipinski definition) is 2. The molecule has 0 saturated heterocycles. The fourth-order valence-electron chi connectivity index (χ4n) is 0.796. The summed E-state index contributed by atoms with van der Waals surface area (Å²) in [5.41, 5.74) is 0. The third kappa shape index (κ3) is 4.52. The van der Waals surface area contributed by atoms with E-state index in [2.05, 4.69) is 3.97 Å². The van der Waals surface area contributed by atoms with E-state index < -0.39 is 29.3 Å². The Morgan fingerprint density at radius 2 is 1.50 bits per heavy atom. The van der Waals surface area contributed by atoms with Gasteiger partial charge in [0.25, 0.3) is 10.1 Å². The van der Waals surface area contributed by atoms with Crippen molar-refractivity contribution in [3.05, 3.63) is 24.3 Å². The van der Waals surface area contributed by atoms with Crippen molar-refractivity contribution < 1.29 is 29.9 Å². The molecule has 1 rings (SSSR count). The second kappa shape index (κ2) is 4.74. The highest BCUT2D eigenvalue weighted by Gasteiger charge is 2.10. The minimum Gasteiger partial charge on any atom is -0.282 e. The Bertz CT molecular complexity index is 559. The molecule has 0 saturated carbocycles. The molecule has 1 aromatic rings. The van der Waals surface area contributed by atoms with Crippen molar-refractivity contribution in [2.45, 2.75) is 4.90 Å². The minimum atomic E-state index is -4.52. The number of rotatable bonds is 4. The van der Waals surface area contributed by atoms with Gasteiger partial charge in [-0.25, -0.2) is 3.97 Å². The van der Waals surface area contributed by atoms with Gasteiger partial charge in [-0.3, -0.25) is 9.11 Å². The smallest absolute Gasteiger partial charge is 0.282 e. The lowest BCUT2D eigenvalue weighted by Crippen LogP contribution is -2.03. The van der Waals surface area contributed by atoms with Crippen molar-refractivity contribution in [2.75, 3.05) is 0 Å². The fourth-order valence-corrected chi connectivity index (χ4v) is 2.38. The fraction of sp³-hybridized carbons (Fsp3) is 0. The van der Waals surface area contributed by atoms with Crippen LogP contribution < -0.4 is 5.30 Å². The van der Waals surface area contributed by atoms with Gasteiger partial charge >= 0.3 is 10.4 Å². The lowest BCUT2D eigenvalue weighted by molar-refractivity contribution is 0.405. The van der Waals surface area contributed by atoms with Gasteiger partial charge < -0.3 is 0 Å². The molecule has 0 fully saturated rings. The van der Waals surface area contributed by atoms with Crippen LogP contribution >= 0.6 is 8.81 Å². The van der Waals surface area contributed by atoms with Crippen molar-refractivity contribution in [3.63, 3.8) is 0 Å². The van der Waals surface area contributed by atoms with Gasteiger partial charge in [0.05, 0.1) is 13.7 Å². The molecule has 0 heterocycles. The van der Waals surface area contributed by atoms with Gasteiger partial charge in [-0.15, -0.1) is 0 Å². The lowest BCUT2D eigenvalue weighted by atomic mass is 10.4. The van der Waals surface area contributed by atoms with Gasteiger partial charge in [-0.2, -0.15) is 16.8 Å². The maximum atomic E-state index is 10.7. The van der Waals surface area contributed by atoms with E-state index in [-0.39, 0.29) is 4.90 Å². The molecular formula is C6H7O7PS2. The Morgan fingerprint density at radius 1 is 1.00 bits per heavy atom. The Labute approximate surface area is 94.0 Å². The van der Waals surface area contributed by atoms with E-state index in [4.69, 9.17) is 9.11 Å². The van der Waals surface area contributed by atoms with E-state index in [0.29, 0.717) is 5.30 Å². The number of benzene rings is 1. The first-order chi connectivity index (χ1) is 7.18. The van der Waals surface area contributed by atoms with Crippen molar-refractivity contribution in [1.29, 1.82) is 0 Å². The molecule has 1 atom stereocenters. The molecule has 0 aliphatic heterocycles. The summed E-state index contributed by atoms with van der Waals surface area (Å²) in [6.45, 7) is 0. The maximum Gasteiger partial charge on any atom is 0.400 e. The monoisotopic (exact) mass is 286 g/mol. The lowest BCUT2D eigenvalue weighted by Gasteiger charge is -2.01. The molecule has 0 aliphatic carbocycles. The van der Waals surface area contributed by atoms with Gasteiger partial charge in [-0.05, 0) is 12.1 Å². The van der Waals surface area contributed by atoms with Gasteiger partial charge in [0.2, 0.25) is 0 Å². The summed E-state index contributed by atoms with van der Waals surface area (Å²) >= 11 is 0. The molecule has 0 radical (unpaired) electrons. The van der Waals surface area contributed by atoms with Crippen LogP contribution in [0.5, 0.6) is 0 Å². The molecule has 1 aromatic carbocycles. The molecule has 2 N–H and O–H groups in total. The molecular weight excluding hydrogens is 279 g/mol. The Balaban J connectivity index is 2.81. The molecule has 1 unspecified atom stereocenters. The van der Waals surface area contributed by atoms with Crippen LogP contribution in [0.2, 0.25) is 0 Å². The van der Waals surface area contributed by atoms with E-state index >= 15 is 0 Å². The topological polar surface area (TPSA) is 118 Å². The van der Waals surface area contributed by atoms with Crippen molar-refractivity contribution >= 4 is 34.6 Å². The molecule has 0 bridgehead atoms. The Hall–Kier alpha value is -0.570. The maximum absolute atomic E-state index is 10.7. The van der Waals surface area contributed by atoms with Crippen LogP contribution in [-0.2, 0) is 24.5 Å². The summed E-state index contributed by atoms with van der Waals surface area (Å²) in [6, 6.07) is 4.69. The first kappa shape index (κ1) is 13.5. The summed E-state index contributed by atoms with van der Waals surface area (Å²) in [7, 11) is -9.46. The van der Waals surface area contributed by atoms with Crippen molar-refractivity contribution in [3.8, 4) is 0 Å². The van der Waals surface area contributed by atoms with Crippen LogP contribution in [0.4, 0.5) is 0 Å². The van der Waals surface area contributed by atoms with Crippen LogP contribution in [0.15, 0.2) is 29.2 Å². The Kier molecular flexibility index (Phi) is 4.00. The second-order valence-electron chi connectivity index (χ2n) is 2.61. The first-order valence-electron chi connectivity index (χ1n) is 3.68. The summed E-state index contributed by atoms with van der Waals surface area (Å²) in [6.07, 6.45) is 0. The molecule has 0 aromatic heterocycles. The van der Waals surface area contributed by atoms with E-state index in [0.717, 1.165) is 12.1 Å². The highest BCUT2D eigenvalue weighted by atomic mass is 32.3. The summed E-state index contributed by atoms with van der Waals surface area (Å²) in [4.78, 5) is -0.312. The van der Waals surface area contributed by atoms with E-state index in [1.54, 1.807) is 0 Å². The third-order valence-corrected chi connectivity index (χ3v) is 4.03. The molecule has 90 valence electrons. The van der Waals surface area contributed by atoms with Crippen LogP contribution in [0.3, 0.4) is 0 Å².